The Morgan fingerprint density at radius 1 is 1.38 bits per heavy atom. The number of hydrogen-bond acceptors (Lipinski definition) is 3. The molecule has 0 radical (unpaired) electrons. The molecule has 0 aliphatic carbocycles. The normalized spacial score (nSPS) is 10.2. The largest absolute Gasteiger partial charge is 0.491 e. The maximum Gasteiger partial charge on any atom is 0.167 e. The lowest BCUT2D eigenvalue weighted by atomic mass is 10.2. The summed E-state index contributed by atoms with van der Waals surface area (Å²) in [6.07, 6.45) is 0. The van der Waals surface area contributed by atoms with Crippen LogP contribution < -0.4 is 10.1 Å². The van der Waals surface area contributed by atoms with E-state index in [0.717, 1.165) is 11.3 Å². The Hall–Kier alpha value is -2.48. The maximum absolute atomic E-state index is 13.8. The van der Waals surface area contributed by atoms with Gasteiger partial charge in [0, 0.05) is 31.0 Å². The summed E-state index contributed by atoms with van der Waals surface area (Å²) < 4.78 is 20.8. The molecule has 0 aliphatic rings. The van der Waals surface area contributed by atoms with Gasteiger partial charge in [-0.2, -0.15) is 5.26 Å². The Kier molecular flexibility index (Phi) is 4.49. The minimum absolute atomic E-state index is 0.255. The lowest BCUT2D eigenvalue weighted by Gasteiger charge is -2.09. The number of hydrogen-bond donors (Lipinski definition) is 1. The number of benzene rings is 1. The second-order valence-corrected chi connectivity index (χ2v) is 4.74. The predicted octanol–water partition coefficient (Wildman–Crippen LogP) is 3.36. The highest BCUT2D eigenvalue weighted by Crippen LogP contribution is 2.22. The fourth-order valence-electron chi connectivity index (χ4n) is 2.13. The van der Waals surface area contributed by atoms with Gasteiger partial charge in [-0.3, -0.25) is 0 Å². The zero-order chi connectivity index (χ0) is 15.4. The van der Waals surface area contributed by atoms with Crippen LogP contribution >= 0.6 is 0 Å². The molecule has 0 atom stereocenters. The van der Waals surface area contributed by atoms with Gasteiger partial charge < -0.3 is 14.6 Å². The molecule has 2 aromatic rings. The molecule has 4 nitrogen and oxygen atoms in total. The lowest BCUT2D eigenvalue weighted by Crippen LogP contribution is -2.02. The third-order valence-corrected chi connectivity index (χ3v) is 3.47. The van der Waals surface area contributed by atoms with E-state index in [9.17, 15) is 4.39 Å². The molecule has 1 aromatic carbocycles. The number of halogens is 1. The summed E-state index contributed by atoms with van der Waals surface area (Å²) in [5, 5.41) is 12.2. The van der Waals surface area contributed by atoms with Gasteiger partial charge >= 0.3 is 0 Å². The van der Waals surface area contributed by atoms with Crippen LogP contribution in [-0.2, 0) is 13.6 Å². The van der Waals surface area contributed by atoms with Gasteiger partial charge in [0.15, 0.2) is 11.6 Å². The van der Waals surface area contributed by atoms with Crippen LogP contribution in [0.4, 0.5) is 10.1 Å². The molecule has 0 saturated heterocycles. The Labute approximate surface area is 123 Å². The average Bonchev–Trinajstić information content (AvgIpc) is 2.75. The van der Waals surface area contributed by atoms with Crippen molar-refractivity contribution in [2.24, 2.45) is 7.05 Å². The molecule has 1 N–H and O–H groups in total. The zero-order valence-electron chi connectivity index (χ0n) is 12.4. The molecule has 0 amide bonds. The monoisotopic (exact) mass is 287 g/mol. The van der Waals surface area contributed by atoms with E-state index in [2.05, 4.69) is 11.4 Å². The first kappa shape index (κ1) is 14.9. The van der Waals surface area contributed by atoms with E-state index in [1.54, 1.807) is 12.1 Å². The summed E-state index contributed by atoms with van der Waals surface area (Å²) in [5.74, 6) is -0.130. The molecule has 0 aliphatic heterocycles. The first-order valence-electron chi connectivity index (χ1n) is 6.78. The van der Waals surface area contributed by atoms with Crippen molar-refractivity contribution in [1.29, 1.82) is 5.26 Å². The molecule has 0 saturated carbocycles. The SMILES string of the molecule is CCOc1ccc(NCc2cc(C#N)n(C)c2C)cc1F. The number of anilines is 1. The molecule has 21 heavy (non-hydrogen) atoms. The number of ether oxygens (including phenoxy) is 1. The third kappa shape index (κ3) is 3.16. The highest BCUT2D eigenvalue weighted by molar-refractivity contribution is 5.48. The van der Waals surface area contributed by atoms with Gasteiger partial charge in [0.25, 0.3) is 0 Å². The van der Waals surface area contributed by atoms with Crippen LogP contribution in [-0.4, -0.2) is 11.2 Å². The summed E-state index contributed by atoms with van der Waals surface area (Å²) >= 11 is 0. The highest BCUT2D eigenvalue weighted by Gasteiger charge is 2.09. The van der Waals surface area contributed by atoms with E-state index in [0.29, 0.717) is 24.5 Å². The number of rotatable bonds is 5. The second kappa shape index (κ2) is 6.31. The van der Waals surface area contributed by atoms with E-state index in [1.807, 2.05) is 31.5 Å². The molecule has 0 fully saturated rings. The smallest absolute Gasteiger partial charge is 0.167 e. The predicted molar refractivity (Wildman–Crippen MR) is 79.8 cm³/mol. The molecule has 1 aromatic heterocycles. The molecular weight excluding hydrogens is 269 g/mol. The fourth-order valence-corrected chi connectivity index (χ4v) is 2.13. The van der Waals surface area contributed by atoms with E-state index in [4.69, 9.17) is 10.00 Å². The Morgan fingerprint density at radius 3 is 2.71 bits per heavy atom. The van der Waals surface area contributed by atoms with Gasteiger partial charge in [0.05, 0.1) is 6.61 Å². The second-order valence-electron chi connectivity index (χ2n) is 4.74. The maximum atomic E-state index is 13.8. The number of nitrogens with one attached hydrogen (secondary N) is 1. The van der Waals surface area contributed by atoms with Crippen LogP contribution in [0.3, 0.4) is 0 Å². The Balaban J connectivity index is 2.10. The van der Waals surface area contributed by atoms with Crippen molar-refractivity contribution in [2.75, 3.05) is 11.9 Å². The third-order valence-electron chi connectivity index (χ3n) is 3.47. The molecule has 0 bridgehead atoms. The standard InChI is InChI=1S/C16H18FN3O/c1-4-21-16-6-5-13(8-15(16)17)19-10-12-7-14(9-18)20(3)11(12)2/h5-8,19H,4,10H2,1-3H3. The molecule has 2 rings (SSSR count). The van der Waals surface area contributed by atoms with Gasteiger partial charge in [-0.25, -0.2) is 4.39 Å². The van der Waals surface area contributed by atoms with Gasteiger partial charge in [0.1, 0.15) is 11.8 Å². The Bertz CT molecular complexity index is 686. The minimum atomic E-state index is -0.385. The highest BCUT2D eigenvalue weighted by atomic mass is 19.1. The molecule has 5 heteroatoms. The van der Waals surface area contributed by atoms with Crippen LogP contribution in [0.5, 0.6) is 5.75 Å². The van der Waals surface area contributed by atoms with Crippen molar-refractivity contribution in [3.05, 3.63) is 47.0 Å². The van der Waals surface area contributed by atoms with Crippen LogP contribution in [0.25, 0.3) is 0 Å². The Morgan fingerprint density at radius 2 is 2.14 bits per heavy atom. The van der Waals surface area contributed by atoms with Crippen molar-refractivity contribution < 1.29 is 9.13 Å². The van der Waals surface area contributed by atoms with Crippen molar-refractivity contribution >= 4 is 5.69 Å². The quantitative estimate of drug-likeness (QED) is 0.917. The summed E-state index contributed by atoms with van der Waals surface area (Å²) in [4.78, 5) is 0. The minimum Gasteiger partial charge on any atom is -0.491 e. The first-order valence-corrected chi connectivity index (χ1v) is 6.78. The lowest BCUT2D eigenvalue weighted by molar-refractivity contribution is 0.321. The topological polar surface area (TPSA) is 50.0 Å². The van der Waals surface area contributed by atoms with Crippen LogP contribution in [0.15, 0.2) is 24.3 Å². The number of nitriles is 1. The summed E-state index contributed by atoms with van der Waals surface area (Å²) in [6, 6.07) is 8.78. The molecule has 0 spiro atoms. The van der Waals surface area contributed by atoms with Crippen molar-refractivity contribution in [3.63, 3.8) is 0 Å². The van der Waals surface area contributed by atoms with E-state index >= 15 is 0 Å². The van der Waals surface area contributed by atoms with Gasteiger partial charge in [0.2, 0.25) is 0 Å². The van der Waals surface area contributed by atoms with Crippen molar-refractivity contribution in [1.82, 2.24) is 4.57 Å². The van der Waals surface area contributed by atoms with Gasteiger partial charge in [-0.05, 0) is 37.6 Å². The molecule has 1 heterocycles. The first-order chi connectivity index (χ1) is 10.1. The van der Waals surface area contributed by atoms with Gasteiger partial charge in [-0.1, -0.05) is 0 Å². The number of nitrogens with zero attached hydrogens (tertiary/aromatic N) is 2. The van der Waals surface area contributed by atoms with Crippen molar-refractivity contribution in [2.45, 2.75) is 20.4 Å². The number of aromatic nitrogens is 1. The molecular formula is C16H18FN3O. The average molecular weight is 287 g/mol. The fraction of sp³-hybridized carbons (Fsp3) is 0.312. The van der Waals surface area contributed by atoms with E-state index in [-0.39, 0.29) is 11.6 Å². The zero-order valence-corrected chi connectivity index (χ0v) is 12.4. The summed E-state index contributed by atoms with van der Waals surface area (Å²) in [5.41, 5.74) is 3.33. The van der Waals surface area contributed by atoms with E-state index < -0.39 is 0 Å². The molecule has 0 unspecified atom stereocenters. The van der Waals surface area contributed by atoms with Crippen molar-refractivity contribution in [3.8, 4) is 11.8 Å². The van der Waals surface area contributed by atoms with Crippen LogP contribution in [0.1, 0.15) is 23.9 Å². The van der Waals surface area contributed by atoms with E-state index in [1.165, 1.54) is 6.07 Å². The summed E-state index contributed by atoms with van der Waals surface area (Å²) in [6.45, 7) is 4.74. The van der Waals surface area contributed by atoms with Crippen LogP contribution in [0, 0.1) is 24.1 Å². The van der Waals surface area contributed by atoms with Crippen LogP contribution in [0.2, 0.25) is 0 Å². The summed E-state index contributed by atoms with van der Waals surface area (Å²) in [7, 11) is 1.86. The van der Waals surface area contributed by atoms with Gasteiger partial charge in [-0.15, -0.1) is 0 Å². The molecule has 110 valence electrons.